The normalized spacial score (nSPS) is 13.9. The number of unbranched alkanes of at least 4 members (excludes halogenated alkanes) is 1. The van der Waals surface area contributed by atoms with Crippen molar-refractivity contribution < 1.29 is 13.9 Å². The minimum absolute atomic E-state index is 0.0959. The Morgan fingerprint density at radius 2 is 1.62 bits per heavy atom. The summed E-state index contributed by atoms with van der Waals surface area (Å²) in [4.78, 5) is 0.748. The lowest BCUT2D eigenvalue weighted by atomic mass is 10.1. The zero-order valence-electron chi connectivity index (χ0n) is 18.1. The van der Waals surface area contributed by atoms with E-state index in [9.17, 15) is 13.9 Å². The average Bonchev–Trinajstić information content (AvgIpc) is 2.67. The van der Waals surface area contributed by atoms with E-state index in [-0.39, 0.29) is 11.4 Å². The van der Waals surface area contributed by atoms with E-state index in [1.165, 1.54) is 0 Å². The molecular formula is C23H34NO3S2+. The molecule has 0 aliphatic carbocycles. The van der Waals surface area contributed by atoms with E-state index in [1.54, 1.807) is 0 Å². The lowest BCUT2D eigenvalue weighted by Crippen LogP contribution is -2.31. The largest absolute Gasteiger partial charge is 0.392 e. The summed E-state index contributed by atoms with van der Waals surface area (Å²) in [6.07, 6.45) is 1.68. The van der Waals surface area contributed by atoms with Crippen LogP contribution < -0.4 is 4.31 Å². The second kappa shape index (κ2) is 10.6. The maximum atomic E-state index is 13.4. The summed E-state index contributed by atoms with van der Waals surface area (Å²) in [7, 11) is -1.37. The van der Waals surface area contributed by atoms with Gasteiger partial charge in [0.15, 0.2) is 15.7 Å². The first kappa shape index (κ1) is 23.9. The molecule has 0 saturated carbocycles. The Kier molecular flexibility index (Phi) is 8.76. The van der Waals surface area contributed by atoms with Gasteiger partial charge in [0, 0.05) is 12.1 Å². The summed E-state index contributed by atoms with van der Waals surface area (Å²) >= 11 is -0.640. The molecular weight excluding hydrogens is 402 g/mol. The second-order valence-electron chi connectivity index (χ2n) is 8.34. The smallest absolute Gasteiger partial charge is 0.152 e. The molecule has 2 N–H and O–H groups in total. The molecule has 160 valence electrons. The molecule has 0 aliphatic rings. The van der Waals surface area contributed by atoms with Crippen molar-refractivity contribution >= 4 is 27.8 Å². The average molecular weight is 437 g/mol. The number of anilines is 1. The maximum absolute atomic E-state index is 13.4. The zero-order valence-corrected chi connectivity index (χ0v) is 19.8. The molecule has 2 unspecified atom stereocenters. The molecule has 2 atom stereocenters. The minimum atomic E-state index is -1.37. The fourth-order valence-corrected chi connectivity index (χ4v) is 5.27. The molecule has 0 aliphatic heterocycles. The molecule has 0 bridgehead atoms. The van der Waals surface area contributed by atoms with Crippen molar-refractivity contribution in [3.63, 3.8) is 0 Å². The monoisotopic (exact) mass is 436 g/mol. The Morgan fingerprint density at radius 1 is 1.00 bits per heavy atom. The SMILES string of the molecule is Cc1ccc(S(=O)N(CCCC[S+](O)C(C)(C)C)c2cc(C)ccc2CO)cc1. The van der Waals surface area contributed by atoms with E-state index in [0.717, 1.165) is 45.9 Å². The lowest BCUT2D eigenvalue weighted by molar-refractivity contribution is 0.282. The summed E-state index contributed by atoms with van der Waals surface area (Å²) in [6, 6.07) is 13.6. The van der Waals surface area contributed by atoms with Crippen molar-refractivity contribution in [3.05, 3.63) is 59.2 Å². The van der Waals surface area contributed by atoms with E-state index < -0.39 is 22.2 Å². The predicted octanol–water partition coefficient (Wildman–Crippen LogP) is 4.99. The fourth-order valence-electron chi connectivity index (χ4n) is 2.91. The van der Waals surface area contributed by atoms with Crippen molar-refractivity contribution in [2.24, 2.45) is 0 Å². The molecule has 0 heterocycles. The van der Waals surface area contributed by atoms with Gasteiger partial charge in [0.25, 0.3) is 0 Å². The number of nitrogens with zero attached hydrogens (tertiary/aromatic N) is 1. The summed E-state index contributed by atoms with van der Waals surface area (Å²) in [6.45, 7) is 10.7. The third-order valence-corrected chi connectivity index (χ3v) is 8.30. The third kappa shape index (κ3) is 6.85. The van der Waals surface area contributed by atoms with Gasteiger partial charge in [-0.3, -0.25) is 4.31 Å². The Bertz CT molecular complexity index is 816. The zero-order chi connectivity index (χ0) is 21.6. The standard InChI is InChI=1S/C23H34NO3S2/c1-18-9-12-21(13-10-18)29(27)24(14-6-7-15-28(26)23(3,4)5)22-16-19(2)8-11-20(22)17-25/h8-13,16,25-26H,6-7,14-15,17H2,1-5H3/q+1. The summed E-state index contributed by atoms with van der Waals surface area (Å²) in [5.74, 6) is 0.745. The van der Waals surface area contributed by atoms with Gasteiger partial charge in [-0.2, -0.15) is 4.55 Å². The third-order valence-electron chi connectivity index (χ3n) is 4.76. The molecule has 0 saturated heterocycles. The number of rotatable bonds is 9. The summed E-state index contributed by atoms with van der Waals surface area (Å²) < 4.78 is 25.5. The number of aliphatic hydroxyl groups excluding tert-OH is 1. The van der Waals surface area contributed by atoms with Crippen LogP contribution in [0.2, 0.25) is 0 Å². The highest BCUT2D eigenvalue weighted by molar-refractivity contribution is 7.92. The molecule has 4 nitrogen and oxygen atoms in total. The molecule has 0 fully saturated rings. The topological polar surface area (TPSA) is 60.8 Å². The van der Waals surface area contributed by atoms with Crippen LogP contribution in [0.3, 0.4) is 0 Å². The van der Waals surface area contributed by atoms with Gasteiger partial charge < -0.3 is 5.11 Å². The fraction of sp³-hybridized carbons (Fsp3) is 0.478. The first-order chi connectivity index (χ1) is 13.6. The van der Waals surface area contributed by atoms with Gasteiger partial charge >= 0.3 is 0 Å². The van der Waals surface area contributed by atoms with Gasteiger partial charge in [-0.15, -0.1) is 0 Å². The van der Waals surface area contributed by atoms with Crippen LogP contribution in [0, 0.1) is 13.8 Å². The Hall–Kier alpha value is -1.34. The van der Waals surface area contributed by atoms with Gasteiger partial charge in [0.05, 0.1) is 17.2 Å². The van der Waals surface area contributed by atoms with Crippen molar-refractivity contribution in [1.82, 2.24) is 0 Å². The number of hydrogen-bond acceptors (Lipinski definition) is 3. The van der Waals surface area contributed by atoms with Crippen molar-refractivity contribution in [3.8, 4) is 0 Å². The van der Waals surface area contributed by atoms with E-state index in [1.807, 2.05) is 60.6 Å². The maximum Gasteiger partial charge on any atom is 0.152 e. The van der Waals surface area contributed by atoms with Gasteiger partial charge in [0.2, 0.25) is 0 Å². The molecule has 0 radical (unpaired) electrons. The number of hydrogen-bond donors (Lipinski definition) is 2. The highest BCUT2D eigenvalue weighted by Gasteiger charge is 2.32. The molecule has 0 spiro atoms. The molecule has 29 heavy (non-hydrogen) atoms. The van der Waals surface area contributed by atoms with Crippen LogP contribution in [-0.2, 0) is 28.8 Å². The van der Waals surface area contributed by atoms with Crippen LogP contribution in [0.15, 0.2) is 47.4 Å². The minimum Gasteiger partial charge on any atom is -0.392 e. The molecule has 0 aromatic heterocycles. The van der Waals surface area contributed by atoms with Gasteiger partial charge in [-0.05, 0) is 71.2 Å². The number of aryl methyl sites for hydroxylation is 2. The summed E-state index contributed by atoms with van der Waals surface area (Å²) in [5, 5.41) is 9.82. The lowest BCUT2D eigenvalue weighted by Gasteiger charge is -2.26. The number of aliphatic hydroxyl groups is 1. The quantitative estimate of drug-likeness (QED) is 0.430. The molecule has 6 heteroatoms. The van der Waals surface area contributed by atoms with Crippen LogP contribution in [0.1, 0.15) is 50.3 Å². The van der Waals surface area contributed by atoms with E-state index in [4.69, 9.17) is 0 Å². The van der Waals surface area contributed by atoms with Gasteiger partial charge in [-0.1, -0.05) is 29.8 Å². The highest BCUT2D eigenvalue weighted by Crippen LogP contribution is 2.27. The highest BCUT2D eigenvalue weighted by atomic mass is 32.2. The number of benzene rings is 2. The van der Waals surface area contributed by atoms with Crippen LogP contribution in [0.5, 0.6) is 0 Å². The first-order valence-electron chi connectivity index (χ1n) is 10.00. The van der Waals surface area contributed by atoms with Crippen LogP contribution in [0.25, 0.3) is 0 Å². The molecule has 2 aromatic carbocycles. The van der Waals surface area contributed by atoms with Crippen LogP contribution in [0.4, 0.5) is 5.69 Å². The molecule has 2 rings (SSSR count). The van der Waals surface area contributed by atoms with E-state index in [0.29, 0.717) is 6.54 Å². The summed E-state index contributed by atoms with van der Waals surface area (Å²) in [5.41, 5.74) is 3.77. The second-order valence-corrected chi connectivity index (χ2v) is 12.1. The van der Waals surface area contributed by atoms with Crippen molar-refractivity contribution in [1.29, 1.82) is 0 Å². The van der Waals surface area contributed by atoms with Crippen molar-refractivity contribution in [2.45, 2.75) is 63.7 Å². The van der Waals surface area contributed by atoms with Gasteiger partial charge in [-0.25, -0.2) is 4.21 Å². The van der Waals surface area contributed by atoms with Crippen LogP contribution >= 0.6 is 0 Å². The Labute approximate surface area is 181 Å². The molecule has 0 amide bonds. The molecule has 2 aromatic rings. The Morgan fingerprint density at radius 3 is 2.21 bits per heavy atom. The van der Waals surface area contributed by atoms with Crippen LogP contribution in [-0.4, -0.2) is 30.9 Å². The predicted molar refractivity (Wildman–Crippen MR) is 126 cm³/mol. The Balaban J connectivity index is 2.23. The van der Waals surface area contributed by atoms with Gasteiger partial charge in [0.1, 0.15) is 16.9 Å². The van der Waals surface area contributed by atoms with E-state index >= 15 is 0 Å². The van der Waals surface area contributed by atoms with E-state index in [2.05, 4.69) is 20.8 Å². The first-order valence-corrected chi connectivity index (χ1v) is 12.5. The van der Waals surface area contributed by atoms with Crippen molar-refractivity contribution in [2.75, 3.05) is 16.6 Å².